The second kappa shape index (κ2) is 19.0. The Labute approximate surface area is 328 Å². The number of rotatable bonds is 13. The summed E-state index contributed by atoms with van der Waals surface area (Å²) in [4.78, 5) is 60.8. The number of urea groups is 1. The Morgan fingerprint density at radius 3 is 2.21 bits per heavy atom. The zero-order valence-electron chi connectivity index (χ0n) is 32.5. The smallest absolute Gasteiger partial charge is 0.410 e. The molecule has 0 saturated carbocycles. The molecule has 0 aromatic heterocycles. The normalized spacial score (nSPS) is 16.8. The van der Waals surface area contributed by atoms with Gasteiger partial charge in [-0.15, -0.1) is 0 Å². The number of benzene rings is 3. The summed E-state index contributed by atoms with van der Waals surface area (Å²) < 4.78 is 21.6. The van der Waals surface area contributed by atoms with Gasteiger partial charge in [0.15, 0.2) is 6.10 Å². The van der Waals surface area contributed by atoms with Crippen LogP contribution in [0.5, 0.6) is 5.75 Å². The molecule has 0 unspecified atom stereocenters. The summed E-state index contributed by atoms with van der Waals surface area (Å²) in [5.74, 6) is -0.508. The number of phenolic OH excluding ortho intramolecular Hbond substituents is 1. The van der Waals surface area contributed by atoms with Gasteiger partial charge in [-0.05, 0) is 85.7 Å². The number of esters is 1. The number of piperazine rings is 1. The minimum absolute atomic E-state index is 0.0217. The molecule has 56 heavy (non-hydrogen) atoms. The monoisotopic (exact) mass is 771 g/mol. The van der Waals surface area contributed by atoms with Crippen molar-refractivity contribution >= 4 is 35.4 Å². The van der Waals surface area contributed by atoms with E-state index in [1.54, 1.807) is 42.9 Å². The maximum absolute atomic E-state index is 14.1. The fraction of sp³-hybridized carbons (Fsp3) is 0.476. The number of carbonyl (C=O) groups excluding carboxylic acids is 4. The molecule has 0 spiro atoms. The van der Waals surface area contributed by atoms with Crippen molar-refractivity contribution in [2.75, 3.05) is 89.6 Å². The van der Waals surface area contributed by atoms with Crippen LogP contribution in [0.2, 0.25) is 0 Å². The van der Waals surface area contributed by atoms with E-state index in [1.165, 1.54) is 0 Å². The summed E-state index contributed by atoms with van der Waals surface area (Å²) in [6.07, 6.45) is 0.485. The summed E-state index contributed by atoms with van der Waals surface area (Å²) in [7, 11) is 1.59. The lowest BCUT2D eigenvalue weighted by Crippen LogP contribution is -2.54. The van der Waals surface area contributed by atoms with Gasteiger partial charge in [0, 0.05) is 76.8 Å². The van der Waals surface area contributed by atoms with Gasteiger partial charge in [-0.25, -0.2) is 14.4 Å². The molecule has 300 valence electrons. The molecule has 0 aliphatic carbocycles. The number of nitrogens with zero attached hydrogens (tertiary/aromatic N) is 4. The molecular weight excluding hydrogens is 718 g/mol. The first kappa shape index (κ1) is 40.3. The number of nitrogens with one attached hydrogen (secondary N) is 1. The number of ether oxygens (including phenoxy) is 4. The van der Waals surface area contributed by atoms with E-state index < -0.39 is 18.2 Å². The second-order valence-corrected chi connectivity index (χ2v) is 14.5. The fourth-order valence-electron chi connectivity index (χ4n) is 7.57. The summed E-state index contributed by atoms with van der Waals surface area (Å²) in [6, 6.07) is 18.5. The molecule has 4 amide bonds. The van der Waals surface area contributed by atoms with E-state index in [2.05, 4.69) is 10.2 Å². The first-order chi connectivity index (χ1) is 27.1. The van der Waals surface area contributed by atoms with Gasteiger partial charge in [-0.3, -0.25) is 4.79 Å². The van der Waals surface area contributed by atoms with E-state index in [4.69, 9.17) is 18.9 Å². The highest BCUT2D eigenvalue weighted by molar-refractivity contribution is 5.91. The standard InChI is InChI=1S/C42H53N5O9/c1-29-26-31(27-30(2)38(29)48)28-37(56-42(52)46-15-13-35(14-16-46)47-17-12-32-6-4-5-7-36(32)43-41(47)51)39(49)45-20-18-44(19-21-45)34-10-8-33(9-11-34)40(50)55-25-24-54-23-22-53-3/h4-11,26-27,35,37,48H,12-25,28H2,1-3H3,(H,43,51)/t37-/m1/s1. The molecule has 3 aromatic carbocycles. The number of anilines is 2. The Balaban J connectivity index is 1.04. The number of amides is 4. The third-order valence-corrected chi connectivity index (χ3v) is 10.7. The first-order valence-electron chi connectivity index (χ1n) is 19.4. The van der Waals surface area contributed by atoms with Crippen LogP contribution in [0.4, 0.5) is 21.0 Å². The minimum Gasteiger partial charge on any atom is -0.507 e. The lowest BCUT2D eigenvalue weighted by molar-refractivity contribution is -0.141. The van der Waals surface area contributed by atoms with Crippen LogP contribution >= 0.6 is 0 Å². The molecule has 3 aromatic rings. The molecule has 3 aliphatic heterocycles. The van der Waals surface area contributed by atoms with Crippen LogP contribution in [0, 0.1) is 13.8 Å². The number of piperidine rings is 1. The van der Waals surface area contributed by atoms with Gasteiger partial charge in [-0.2, -0.15) is 0 Å². The highest BCUT2D eigenvalue weighted by atomic mass is 16.6. The van der Waals surface area contributed by atoms with Crippen molar-refractivity contribution in [2.45, 2.75) is 51.7 Å². The van der Waals surface area contributed by atoms with Crippen molar-refractivity contribution in [3.63, 3.8) is 0 Å². The summed E-state index contributed by atoms with van der Waals surface area (Å²) in [5.41, 5.74) is 5.44. The van der Waals surface area contributed by atoms with Crippen LogP contribution in [0.3, 0.4) is 0 Å². The highest BCUT2D eigenvalue weighted by Gasteiger charge is 2.35. The number of likely N-dealkylation sites (tertiary alicyclic amines) is 1. The average Bonchev–Trinajstić information content (AvgIpc) is 3.38. The molecule has 0 radical (unpaired) electrons. The maximum Gasteiger partial charge on any atom is 0.410 e. The van der Waals surface area contributed by atoms with Crippen molar-refractivity contribution in [3.05, 3.63) is 88.5 Å². The maximum atomic E-state index is 14.1. The first-order valence-corrected chi connectivity index (χ1v) is 19.4. The molecule has 1 atom stereocenters. The summed E-state index contributed by atoms with van der Waals surface area (Å²) in [5, 5.41) is 13.4. The van der Waals surface area contributed by atoms with Crippen LogP contribution in [-0.2, 0) is 36.6 Å². The van der Waals surface area contributed by atoms with Gasteiger partial charge >= 0.3 is 18.1 Å². The van der Waals surface area contributed by atoms with Crippen LogP contribution in [0.15, 0.2) is 60.7 Å². The quantitative estimate of drug-likeness (QED) is 0.184. The molecule has 3 aliphatic rings. The molecule has 14 heteroatoms. The Morgan fingerprint density at radius 1 is 0.839 bits per heavy atom. The predicted molar refractivity (Wildman–Crippen MR) is 210 cm³/mol. The molecule has 0 bridgehead atoms. The highest BCUT2D eigenvalue weighted by Crippen LogP contribution is 2.27. The molecule has 6 rings (SSSR count). The Hall–Kier alpha value is -5.34. The second-order valence-electron chi connectivity index (χ2n) is 14.5. The van der Waals surface area contributed by atoms with Crippen molar-refractivity contribution in [2.24, 2.45) is 0 Å². The number of fused-ring (bicyclic) bond motifs is 1. The zero-order chi connectivity index (χ0) is 39.6. The number of carbonyl (C=O) groups is 4. The number of hydrogen-bond donors (Lipinski definition) is 2. The minimum atomic E-state index is -1.07. The van der Waals surface area contributed by atoms with Crippen molar-refractivity contribution in [1.82, 2.24) is 14.7 Å². The number of hydrogen-bond acceptors (Lipinski definition) is 10. The zero-order valence-corrected chi connectivity index (χ0v) is 32.5. The van der Waals surface area contributed by atoms with E-state index in [0.717, 1.165) is 28.9 Å². The fourth-order valence-corrected chi connectivity index (χ4v) is 7.57. The summed E-state index contributed by atoms with van der Waals surface area (Å²) >= 11 is 0. The Bertz CT molecular complexity index is 1820. The Kier molecular flexibility index (Phi) is 13.7. The van der Waals surface area contributed by atoms with Crippen LogP contribution in [-0.4, -0.2) is 135 Å². The van der Waals surface area contributed by atoms with Gasteiger partial charge in [0.2, 0.25) is 0 Å². The van der Waals surface area contributed by atoms with E-state index in [-0.39, 0.29) is 36.8 Å². The SMILES string of the molecule is COCCOCCOC(=O)c1ccc(N2CCN(C(=O)[C@@H](Cc3cc(C)c(O)c(C)c3)OC(=O)N3CCC(N4CCc5ccccc5NC4=O)CC3)CC2)cc1. The largest absolute Gasteiger partial charge is 0.507 e. The van der Waals surface area contributed by atoms with Gasteiger partial charge < -0.3 is 49.0 Å². The molecular formula is C42H53N5O9. The van der Waals surface area contributed by atoms with Gasteiger partial charge in [0.25, 0.3) is 5.91 Å². The van der Waals surface area contributed by atoms with Gasteiger partial charge in [0.05, 0.1) is 25.4 Å². The third kappa shape index (κ3) is 10.1. The Morgan fingerprint density at radius 2 is 1.52 bits per heavy atom. The molecule has 2 N–H and O–H groups in total. The van der Waals surface area contributed by atoms with E-state index in [9.17, 15) is 24.3 Å². The average molecular weight is 772 g/mol. The topological polar surface area (TPSA) is 150 Å². The molecule has 14 nitrogen and oxygen atoms in total. The number of phenols is 1. The molecule has 3 heterocycles. The van der Waals surface area contributed by atoms with Crippen molar-refractivity contribution in [3.8, 4) is 5.75 Å². The lowest BCUT2D eigenvalue weighted by atomic mass is 10.0. The predicted octanol–water partition coefficient (Wildman–Crippen LogP) is 4.78. The number of aromatic hydroxyl groups is 1. The number of para-hydroxylation sites is 1. The van der Waals surface area contributed by atoms with Crippen LogP contribution < -0.4 is 10.2 Å². The van der Waals surface area contributed by atoms with Crippen LogP contribution in [0.1, 0.15) is 45.5 Å². The lowest BCUT2D eigenvalue weighted by Gasteiger charge is -2.39. The van der Waals surface area contributed by atoms with Gasteiger partial charge in [-0.1, -0.05) is 30.3 Å². The van der Waals surface area contributed by atoms with E-state index in [0.29, 0.717) is 95.2 Å². The molecule has 2 fully saturated rings. The third-order valence-electron chi connectivity index (χ3n) is 10.7. The van der Waals surface area contributed by atoms with Crippen molar-refractivity contribution in [1.29, 1.82) is 0 Å². The number of methoxy groups -OCH3 is 1. The van der Waals surface area contributed by atoms with E-state index >= 15 is 0 Å². The summed E-state index contributed by atoms with van der Waals surface area (Å²) in [6.45, 7) is 8.29. The van der Waals surface area contributed by atoms with Crippen molar-refractivity contribution < 1.29 is 43.2 Å². The molecule has 2 saturated heterocycles. The number of aryl methyl sites for hydroxylation is 2. The van der Waals surface area contributed by atoms with Gasteiger partial charge in [0.1, 0.15) is 12.4 Å². The van der Waals surface area contributed by atoms with Crippen LogP contribution in [0.25, 0.3) is 0 Å². The van der Waals surface area contributed by atoms with E-state index in [1.807, 2.05) is 53.4 Å².